The van der Waals surface area contributed by atoms with Gasteiger partial charge in [-0.1, -0.05) is 27.5 Å². The maximum Gasteiger partial charge on any atom is 0.265 e. The molecule has 5 nitrogen and oxygen atoms in total. The fourth-order valence-electron chi connectivity index (χ4n) is 1.77. The van der Waals surface area contributed by atoms with Crippen molar-refractivity contribution in [3.8, 4) is 11.5 Å². The molecule has 0 aliphatic carbocycles. The highest BCUT2D eigenvalue weighted by molar-refractivity contribution is 9.10. The maximum atomic E-state index is 12.6. The fourth-order valence-corrected chi connectivity index (χ4v) is 3.77. The number of anilines is 1. The van der Waals surface area contributed by atoms with E-state index in [9.17, 15) is 8.42 Å². The van der Waals surface area contributed by atoms with Gasteiger partial charge in [0.2, 0.25) is 0 Å². The number of hydrogen-bond donors (Lipinski definition) is 1. The summed E-state index contributed by atoms with van der Waals surface area (Å²) < 4.78 is 38.4. The molecular weight excluding hydrogens is 394 g/mol. The van der Waals surface area contributed by atoms with Crippen LogP contribution in [0.5, 0.6) is 11.5 Å². The first-order valence-corrected chi connectivity index (χ1v) is 8.72. The van der Waals surface area contributed by atoms with Crippen molar-refractivity contribution in [3.05, 3.63) is 45.9 Å². The fraction of sp³-hybridized carbons (Fsp3) is 0.143. The Morgan fingerprint density at radius 2 is 1.82 bits per heavy atom. The number of nitrogens with one attached hydrogen (secondary N) is 1. The van der Waals surface area contributed by atoms with Gasteiger partial charge in [-0.2, -0.15) is 0 Å². The van der Waals surface area contributed by atoms with Crippen LogP contribution in [0.3, 0.4) is 0 Å². The summed E-state index contributed by atoms with van der Waals surface area (Å²) in [6.07, 6.45) is 0. The molecule has 1 N–H and O–H groups in total. The standard InChI is InChI=1S/C14H13BrClNO4S/c1-20-10-4-5-11(16)12(8-10)17-22(18,19)14-7-9(15)3-6-13(14)21-2/h3-8,17H,1-2H3. The third kappa shape index (κ3) is 3.66. The van der Waals surface area contributed by atoms with E-state index < -0.39 is 10.0 Å². The average molecular weight is 407 g/mol. The SMILES string of the molecule is COc1ccc(Cl)c(NS(=O)(=O)c2cc(Br)ccc2OC)c1. The van der Waals surface area contributed by atoms with Gasteiger partial charge in [0, 0.05) is 10.5 Å². The molecule has 0 heterocycles. The lowest BCUT2D eigenvalue weighted by Crippen LogP contribution is -2.14. The molecular formula is C14H13BrClNO4S. The highest BCUT2D eigenvalue weighted by atomic mass is 79.9. The summed E-state index contributed by atoms with van der Waals surface area (Å²) in [5, 5.41) is 0.262. The predicted octanol–water partition coefficient (Wildman–Crippen LogP) is 3.92. The Bertz CT molecular complexity index is 795. The average Bonchev–Trinajstić information content (AvgIpc) is 2.49. The van der Waals surface area contributed by atoms with Crippen molar-refractivity contribution < 1.29 is 17.9 Å². The molecule has 0 aromatic heterocycles. The second-order valence-electron chi connectivity index (χ2n) is 4.25. The molecule has 0 spiro atoms. The second-order valence-corrected chi connectivity index (χ2v) is 7.22. The van der Waals surface area contributed by atoms with E-state index in [-0.39, 0.29) is 21.4 Å². The number of methoxy groups -OCH3 is 2. The third-order valence-corrected chi connectivity index (χ3v) is 5.04. The molecule has 2 aromatic carbocycles. The van der Waals surface area contributed by atoms with E-state index in [0.717, 1.165) is 0 Å². The predicted molar refractivity (Wildman–Crippen MR) is 89.5 cm³/mol. The zero-order valence-corrected chi connectivity index (χ0v) is 14.9. The van der Waals surface area contributed by atoms with Gasteiger partial charge in [0.15, 0.2) is 0 Å². The van der Waals surface area contributed by atoms with Gasteiger partial charge >= 0.3 is 0 Å². The lowest BCUT2D eigenvalue weighted by atomic mass is 10.3. The Labute approximate surface area is 142 Å². The smallest absolute Gasteiger partial charge is 0.265 e. The second kappa shape index (κ2) is 6.76. The summed E-state index contributed by atoms with van der Waals surface area (Å²) in [5.41, 5.74) is 0.225. The van der Waals surface area contributed by atoms with Crippen molar-refractivity contribution in [3.63, 3.8) is 0 Å². The van der Waals surface area contributed by atoms with Crippen LogP contribution in [0.15, 0.2) is 45.8 Å². The Morgan fingerprint density at radius 1 is 1.09 bits per heavy atom. The van der Waals surface area contributed by atoms with Crippen LogP contribution in [0.4, 0.5) is 5.69 Å². The van der Waals surface area contributed by atoms with Crippen LogP contribution in [-0.2, 0) is 10.0 Å². The number of rotatable bonds is 5. The summed E-state index contributed by atoms with van der Waals surface area (Å²) in [4.78, 5) is 0.00302. The highest BCUT2D eigenvalue weighted by Gasteiger charge is 2.21. The topological polar surface area (TPSA) is 64.6 Å². The first kappa shape index (κ1) is 16.9. The number of hydrogen-bond acceptors (Lipinski definition) is 4. The zero-order valence-electron chi connectivity index (χ0n) is 11.8. The summed E-state index contributed by atoms with van der Waals surface area (Å²) in [6, 6.07) is 9.40. The van der Waals surface area contributed by atoms with Gasteiger partial charge < -0.3 is 9.47 Å². The molecule has 0 aliphatic heterocycles. The van der Waals surface area contributed by atoms with E-state index >= 15 is 0 Å². The molecule has 2 rings (SSSR count). The Hall–Kier alpha value is -1.44. The molecule has 0 unspecified atom stereocenters. The van der Waals surface area contributed by atoms with Crippen molar-refractivity contribution in [2.45, 2.75) is 4.90 Å². The van der Waals surface area contributed by atoms with Crippen LogP contribution >= 0.6 is 27.5 Å². The van der Waals surface area contributed by atoms with Gasteiger partial charge in [-0.25, -0.2) is 8.42 Å². The van der Waals surface area contributed by atoms with Gasteiger partial charge in [0.1, 0.15) is 16.4 Å². The molecule has 0 radical (unpaired) electrons. The van der Waals surface area contributed by atoms with Crippen LogP contribution in [0.2, 0.25) is 5.02 Å². The van der Waals surface area contributed by atoms with Gasteiger partial charge in [-0.15, -0.1) is 0 Å². The van der Waals surface area contributed by atoms with E-state index in [4.69, 9.17) is 21.1 Å². The molecule has 118 valence electrons. The van der Waals surface area contributed by atoms with Crippen LogP contribution in [0.25, 0.3) is 0 Å². The van der Waals surface area contributed by atoms with Crippen molar-refractivity contribution in [1.82, 2.24) is 0 Å². The molecule has 0 saturated carbocycles. The lowest BCUT2D eigenvalue weighted by molar-refractivity contribution is 0.403. The molecule has 0 atom stereocenters. The van der Waals surface area contributed by atoms with Gasteiger partial charge in [-0.05, 0) is 30.3 Å². The van der Waals surface area contributed by atoms with E-state index in [1.54, 1.807) is 24.3 Å². The lowest BCUT2D eigenvalue weighted by Gasteiger charge is -2.13. The van der Waals surface area contributed by atoms with Crippen molar-refractivity contribution >= 4 is 43.2 Å². The quantitative estimate of drug-likeness (QED) is 0.817. The van der Waals surface area contributed by atoms with Gasteiger partial charge in [-0.3, -0.25) is 4.72 Å². The minimum Gasteiger partial charge on any atom is -0.497 e. The largest absolute Gasteiger partial charge is 0.497 e. The Kier molecular flexibility index (Phi) is 5.20. The number of halogens is 2. The van der Waals surface area contributed by atoms with Crippen LogP contribution in [0.1, 0.15) is 0 Å². The van der Waals surface area contributed by atoms with Crippen molar-refractivity contribution in [1.29, 1.82) is 0 Å². The van der Waals surface area contributed by atoms with Crippen LogP contribution in [0, 0.1) is 0 Å². The first-order chi connectivity index (χ1) is 10.4. The van der Waals surface area contributed by atoms with Gasteiger partial charge in [0.25, 0.3) is 10.0 Å². The van der Waals surface area contributed by atoms with E-state index in [1.165, 1.54) is 26.4 Å². The maximum absolute atomic E-state index is 12.6. The monoisotopic (exact) mass is 405 g/mol. The minimum atomic E-state index is -3.87. The summed E-state index contributed by atoms with van der Waals surface area (Å²) in [7, 11) is -0.983. The summed E-state index contributed by atoms with van der Waals surface area (Å²) >= 11 is 9.28. The third-order valence-electron chi connectivity index (χ3n) is 2.83. The van der Waals surface area contributed by atoms with Gasteiger partial charge in [0.05, 0.1) is 24.9 Å². The molecule has 8 heteroatoms. The molecule has 0 aliphatic rings. The van der Waals surface area contributed by atoms with E-state index in [1.807, 2.05) is 0 Å². The molecule has 0 amide bonds. The highest BCUT2D eigenvalue weighted by Crippen LogP contribution is 2.32. The minimum absolute atomic E-state index is 0.00302. The molecule has 22 heavy (non-hydrogen) atoms. The van der Waals surface area contributed by atoms with E-state index in [0.29, 0.717) is 10.2 Å². The normalized spacial score (nSPS) is 11.1. The molecule has 2 aromatic rings. The molecule has 0 saturated heterocycles. The number of sulfonamides is 1. The number of ether oxygens (including phenoxy) is 2. The van der Waals surface area contributed by atoms with E-state index in [2.05, 4.69) is 20.7 Å². The van der Waals surface area contributed by atoms with Crippen molar-refractivity contribution in [2.75, 3.05) is 18.9 Å². The Balaban J connectivity index is 2.46. The Morgan fingerprint density at radius 3 is 2.45 bits per heavy atom. The number of benzene rings is 2. The first-order valence-electron chi connectivity index (χ1n) is 6.07. The summed E-state index contributed by atoms with van der Waals surface area (Å²) in [6.45, 7) is 0. The van der Waals surface area contributed by atoms with Crippen LogP contribution < -0.4 is 14.2 Å². The summed E-state index contributed by atoms with van der Waals surface area (Å²) in [5.74, 6) is 0.720. The zero-order chi connectivity index (χ0) is 16.3. The van der Waals surface area contributed by atoms with Crippen LogP contribution in [-0.4, -0.2) is 22.6 Å². The molecule has 0 bridgehead atoms. The molecule has 0 fully saturated rings. The van der Waals surface area contributed by atoms with Crippen molar-refractivity contribution in [2.24, 2.45) is 0 Å².